The highest BCUT2D eigenvalue weighted by molar-refractivity contribution is 4.36. The average Bonchev–Trinajstić information content (AvgIpc) is 2.32. The van der Waals surface area contributed by atoms with Crippen LogP contribution in [0.1, 0.15) is 52.4 Å². The van der Waals surface area contributed by atoms with Gasteiger partial charge in [0.05, 0.1) is 13.2 Å². The van der Waals surface area contributed by atoms with Crippen molar-refractivity contribution in [3.05, 3.63) is 0 Å². The predicted molar refractivity (Wildman–Crippen MR) is 61.8 cm³/mol. The fraction of sp³-hybridized carbons (Fsp3) is 1.00. The van der Waals surface area contributed by atoms with Crippen molar-refractivity contribution < 1.29 is 14.5 Å². The second-order valence-corrected chi connectivity index (χ2v) is 3.67. The molecule has 1 aliphatic heterocycles. The molecular formula is C12H26O3. The van der Waals surface area contributed by atoms with Crippen molar-refractivity contribution in [3.8, 4) is 0 Å². The summed E-state index contributed by atoms with van der Waals surface area (Å²) in [5, 5.41) is 0. The second kappa shape index (κ2) is 13.9. The minimum Gasteiger partial charge on any atom is -0.381 e. The monoisotopic (exact) mass is 218 g/mol. The van der Waals surface area contributed by atoms with Crippen LogP contribution in [-0.2, 0) is 14.5 Å². The molecule has 0 radical (unpaired) electrons. The smallest absolute Gasteiger partial charge is 0.0823 e. The summed E-state index contributed by atoms with van der Waals surface area (Å²) in [5.74, 6) is 0. The normalized spacial score (nSPS) is 15.6. The van der Waals surface area contributed by atoms with E-state index < -0.39 is 0 Å². The predicted octanol–water partition coefficient (Wildman–Crippen LogP) is 3.33. The minimum absolute atomic E-state index is 0.778. The molecule has 0 saturated carbocycles. The molecular weight excluding hydrogens is 192 g/mol. The molecule has 0 aromatic rings. The molecule has 92 valence electrons. The molecule has 0 aromatic heterocycles. The lowest BCUT2D eigenvalue weighted by atomic mass is 10.3. The van der Waals surface area contributed by atoms with Crippen LogP contribution in [0.25, 0.3) is 0 Å². The van der Waals surface area contributed by atoms with E-state index in [9.17, 15) is 0 Å². The Morgan fingerprint density at radius 1 is 0.867 bits per heavy atom. The Kier molecular flexibility index (Phi) is 13.8. The van der Waals surface area contributed by atoms with Gasteiger partial charge in [-0.3, -0.25) is 0 Å². The molecule has 3 nitrogen and oxygen atoms in total. The zero-order valence-electron chi connectivity index (χ0n) is 10.3. The Morgan fingerprint density at radius 2 is 1.33 bits per heavy atom. The quantitative estimate of drug-likeness (QED) is 0.505. The summed E-state index contributed by atoms with van der Waals surface area (Å²) >= 11 is 0. The largest absolute Gasteiger partial charge is 0.381 e. The van der Waals surface area contributed by atoms with Gasteiger partial charge in [0.25, 0.3) is 0 Å². The lowest BCUT2D eigenvalue weighted by Gasteiger charge is -2.07. The van der Waals surface area contributed by atoms with Gasteiger partial charge >= 0.3 is 0 Å². The van der Waals surface area contributed by atoms with Crippen molar-refractivity contribution in [1.82, 2.24) is 0 Å². The van der Waals surface area contributed by atoms with Crippen molar-refractivity contribution in [2.75, 3.05) is 26.4 Å². The van der Waals surface area contributed by atoms with Crippen LogP contribution in [0.3, 0.4) is 0 Å². The summed E-state index contributed by atoms with van der Waals surface area (Å²) in [5.41, 5.74) is 0. The summed E-state index contributed by atoms with van der Waals surface area (Å²) in [6.07, 6.45) is 7.21. The zero-order chi connectivity index (χ0) is 11.2. The van der Waals surface area contributed by atoms with Crippen LogP contribution in [0.15, 0.2) is 0 Å². The first-order valence-corrected chi connectivity index (χ1v) is 6.24. The number of hydrogen-bond acceptors (Lipinski definition) is 3. The Labute approximate surface area is 94.0 Å². The Morgan fingerprint density at radius 3 is 1.60 bits per heavy atom. The van der Waals surface area contributed by atoms with Crippen molar-refractivity contribution in [2.45, 2.75) is 52.4 Å². The molecule has 0 unspecified atom stereocenters. The van der Waals surface area contributed by atoms with E-state index in [1.807, 2.05) is 0 Å². The standard InChI is InChI=1S/C8H18O.C4H8O2/c1-3-5-7-9-8-6-4-2;1-2-4-6-5-3-1/h3-8H2,1-2H3;1-4H2. The van der Waals surface area contributed by atoms with Gasteiger partial charge in [-0.2, -0.15) is 0 Å². The maximum atomic E-state index is 5.31. The van der Waals surface area contributed by atoms with Gasteiger partial charge in [0, 0.05) is 13.2 Å². The fourth-order valence-electron chi connectivity index (χ4n) is 1.03. The van der Waals surface area contributed by atoms with Crippen molar-refractivity contribution >= 4 is 0 Å². The molecule has 0 bridgehead atoms. The van der Waals surface area contributed by atoms with Crippen LogP contribution in [0.5, 0.6) is 0 Å². The van der Waals surface area contributed by atoms with Gasteiger partial charge in [-0.1, -0.05) is 26.7 Å². The molecule has 0 aromatic carbocycles. The highest BCUT2D eigenvalue weighted by Gasteiger charge is 1.95. The second-order valence-electron chi connectivity index (χ2n) is 3.67. The van der Waals surface area contributed by atoms with E-state index in [-0.39, 0.29) is 0 Å². The first kappa shape index (κ1) is 14.9. The fourth-order valence-corrected chi connectivity index (χ4v) is 1.03. The number of unbranched alkanes of at least 4 members (excludes halogenated alkanes) is 2. The van der Waals surface area contributed by atoms with Crippen molar-refractivity contribution in [3.63, 3.8) is 0 Å². The molecule has 1 heterocycles. The molecule has 0 aliphatic carbocycles. The SMILES string of the molecule is C1CCOOC1.CCCCOCCCC. The lowest BCUT2D eigenvalue weighted by Crippen LogP contribution is -2.05. The van der Waals surface area contributed by atoms with Crippen molar-refractivity contribution in [1.29, 1.82) is 0 Å². The highest BCUT2D eigenvalue weighted by Crippen LogP contribution is 1.97. The first-order chi connectivity index (χ1) is 7.41. The summed E-state index contributed by atoms with van der Waals surface area (Å²) in [6, 6.07) is 0. The molecule has 1 rings (SSSR count). The van der Waals surface area contributed by atoms with Crippen LogP contribution in [0, 0.1) is 0 Å². The van der Waals surface area contributed by atoms with E-state index in [1.54, 1.807) is 0 Å². The zero-order valence-corrected chi connectivity index (χ0v) is 10.3. The van der Waals surface area contributed by atoms with E-state index in [2.05, 4.69) is 23.6 Å². The minimum atomic E-state index is 0.778. The van der Waals surface area contributed by atoms with Crippen LogP contribution in [0.4, 0.5) is 0 Å². The van der Waals surface area contributed by atoms with E-state index in [0.717, 1.165) is 39.3 Å². The maximum absolute atomic E-state index is 5.31. The first-order valence-electron chi connectivity index (χ1n) is 6.24. The van der Waals surface area contributed by atoms with Gasteiger partial charge < -0.3 is 4.74 Å². The summed E-state index contributed by atoms with van der Waals surface area (Å²) in [6.45, 7) is 7.83. The molecule has 3 heteroatoms. The third kappa shape index (κ3) is 13.9. The molecule has 1 fully saturated rings. The van der Waals surface area contributed by atoms with Gasteiger partial charge in [-0.25, -0.2) is 9.78 Å². The van der Waals surface area contributed by atoms with Gasteiger partial charge in [0.15, 0.2) is 0 Å². The summed E-state index contributed by atoms with van der Waals surface area (Å²) < 4.78 is 5.31. The number of hydrogen-bond donors (Lipinski definition) is 0. The van der Waals surface area contributed by atoms with Gasteiger partial charge in [0.1, 0.15) is 0 Å². The van der Waals surface area contributed by atoms with Crippen LogP contribution >= 0.6 is 0 Å². The molecule has 0 atom stereocenters. The van der Waals surface area contributed by atoms with Gasteiger partial charge in [-0.05, 0) is 25.7 Å². The van der Waals surface area contributed by atoms with Crippen LogP contribution in [0.2, 0.25) is 0 Å². The Balaban J connectivity index is 0.000000280. The molecule has 0 N–H and O–H groups in total. The summed E-state index contributed by atoms with van der Waals surface area (Å²) in [4.78, 5) is 9.14. The maximum Gasteiger partial charge on any atom is 0.0823 e. The van der Waals surface area contributed by atoms with E-state index in [1.165, 1.54) is 25.7 Å². The molecule has 0 amide bonds. The molecule has 1 saturated heterocycles. The number of ether oxygens (including phenoxy) is 1. The van der Waals surface area contributed by atoms with Gasteiger partial charge in [-0.15, -0.1) is 0 Å². The van der Waals surface area contributed by atoms with Gasteiger partial charge in [0.2, 0.25) is 0 Å². The van der Waals surface area contributed by atoms with Crippen LogP contribution in [-0.4, -0.2) is 26.4 Å². The topological polar surface area (TPSA) is 27.7 Å². The third-order valence-corrected chi connectivity index (χ3v) is 2.07. The van der Waals surface area contributed by atoms with Crippen molar-refractivity contribution in [2.24, 2.45) is 0 Å². The Bertz CT molecular complexity index is 85.5. The molecule has 15 heavy (non-hydrogen) atoms. The summed E-state index contributed by atoms with van der Waals surface area (Å²) in [7, 11) is 0. The number of rotatable bonds is 6. The molecule has 0 spiro atoms. The van der Waals surface area contributed by atoms with E-state index >= 15 is 0 Å². The molecule has 1 aliphatic rings. The van der Waals surface area contributed by atoms with Crippen LogP contribution < -0.4 is 0 Å². The third-order valence-electron chi connectivity index (χ3n) is 2.07. The van der Waals surface area contributed by atoms with E-state index in [0.29, 0.717) is 0 Å². The highest BCUT2D eigenvalue weighted by atomic mass is 17.2. The lowest BCUT2D eigenvalue weighted by molar-refractivity contribution is -0.312. The average molecular weight is 218 g/mol. The Hall–Kier alpha value is -0.120. The van der Waals surface area contributed by atoms with E-state index in [4.69, 9.17) is 4.74 Å².